The molecule has 2 N–H and O–H groups in total. The van der Waals surface area contributed by atoms with Gasteiger partial charge in [0.05, 0.1) is 11.4 Å². The zero-order valence-corrected chi connectivity index (χ0v) is 7.59. The Hall–Kier alpha value is -1.31. The van der Waals surface area contributed by atoms with Crippen LogP contribution in [0.25, 0.3) is 5.57 Å². The highest BCUT2D eigenvalue weighted by molar-refractivity contribution is 5.71. The molecule has 0 spiro atoms. The normalized spacial score (nSPS) is 9.83. The molecule has 0 aliphatic carbocycles. The van der Waals surface area contributed by atoms with Crippen molar-refractivity contribution in [2.75, 3.05) is 5.73 Å². The molecule has 12 heavy (non-hydrogen) atoms. The Morgan fingerprint density at radius 1 is 1.67 bits per heavy atom. The fourth-order valence-corrected chi connectivity index (χ4v) is 1.16. The van der Waals surface area contributed by atoms with Crippen LogP contribution in [0.5, 0.6) is 0 Å². The maximum Gasteiger partial charge on any atom is 0.0884 e. The first-order chi connectivity index (χ1) is 5.66. The van der Waals surface area contributed by atoms with Gasteiger partial charge in [0, 0.05) is 6.20 Å². The summed E-state index contributed by atoms with van der Waals surface area (Å²) < 4.78 is 0. The fourth-order valence-electron chi connectivity index (χ4n) is 1.16. The van der Waals surface area contributed by atoms with Gasteiger partial charge in [-0.05, 0) is 30.5 Å². The second kappa shape index (κ2) is 3.39. The summed E-state index contributed by atoms with van der Waals surface area (Å²) >= 11 is 0. The topological polar surface area (TPSA) is 38.9 Å². The van der Waals surface area contributed by atoms with Crippen molar-refractivity contribution in [3.05, 3.63) is 30.1 Å². The van der Waals surface area contributed by atoms with E-state index in [1.54, 1.807) is 6.20 Å². The van der Waals surface area contributed by atoms with Crippen molar-refractivity contribution in [2.45, 2.75) is 20.3 Å². The Bertz CT molecular complexity index is 303. The van der Waals surface area contributed by atoms with Gasteiger partial charge in [-0.15, -0.1) is 0 Å². The van der Waals surface area contributed by atoms with Gasteiger partial charge >= 0.3 is 0 Å². The predicted octanol–water partition coefficient (Wildman–Crippen LogP) is 2.26. The van der Waals surface area contributed by atoms with Crippen molar-refractivity contribution in [2.24, 2.45) is 0 Å². The maximum atomic E-state index is 5.87. The van der Waals surface area contributed by atoms with E-state index in [1.807, 2.05) is 13.0 Å². The number of hydrogen-bond donors (Lipinski definition) is 1. The molecule has 64 valence electrons. The molecule has 2 heteroatoms. The zero-order valence-electron chi connectivity index (χ0n) is 7.59. The number of aryl methyl sites for hydroxylation is 1. The standard InChI is InChI=1S/C10H14N2/c1-4-8-5-6-12-10(7(2)3)9(8)11/h5-6H,2,4,11H2,1,3H3. The van der Waals surface area contributed by atoms with Crippen LogP contribution >= 0.6 is 0 Å². The van der Waals surface area contributed by atoms with Crippen molar-refractivity contribution in [1.29, 1.82) is 0 Å². The summed E-state index contributed by atoms with van der Waals surface area (Å²) in [5, 5.41) is 0. The summed E-state index contributed by atoms with van der Waals surface area (Å²) in [6.07, 6.45) is 2.72. The Morgan fingerprint density at radius 3 is 2.83 bits per heavy atom. The van der Waals surface area contributed by atoms with E-state index in [0.29, 0.717) is 0 Å². The molecule has 0 radical (unpaired) electrons. The molecular weight excluding hydrogens is 148 g/mol. The molecule has 0 saturated carbocycles. The van der Waals surface area contributed by atoms with Gasteiger partial charge in [0.2, 0.25) is 0 Å². The van der Waals surface area contributed by atoms with E-state index in [9.17, 15) is 0 Å². The number of nitrogen functional groups attached to an aromatic ring is 1. The van der Waals surface area contributed by atoms with Crippen LogP contribution in [-0.2, 0) is 6.42 Å². The van der Waals surface area contributed by atoms with Gasteiger partial charge in [-0.3, -0.25) is 4.98 Å². The van der Waals surface area contributed by atoms with E-state index < -0.39 is 0 Å². The van der Waals surface area contributed by atoms with E-state index in [-0.39, 0.29) is 0 Å². The van der Waals surface area contributed by atoms with E-state index in [4.69, 9.17) is 5.73 Å². The lowest BCUT2D eigenvalue weighted by atomic mass is 10.1. The first-order valence-electron chi connectivity index (χ1n) is 4.06. The number of anilines is 1. The Morgan fingerprint density at radius 2 is 2.33 bits per heavy atom. The predicted molar refractivity (Wildman–Crippen MR) is 52.7 cm³/mol. The molecule has 0 aliphatic rings. The number of nitrogens with zero attached hydrogens (tertiary/aromatic N) is 1. The van der Waals surface area contributed by atoms with Gasteiger partial charge in [0.1, 0.15) is 0 Å². The SMILES string of the molecule is C=C(C)c1nccc(CC)c1N. The minimum atomic E-state index is 0.771. The van der Waals surface area contributed by atoms with Crippen molar-refractivity contribution in [3.63, 3.8) is 0 Å². The van der Waals surface area contributed by atoms with Crippen LogP contribution < -0.4 is 5.73 Å². The van der Waals surface area contributed by atoms with Crippen LogP contribution in [0.1, 0.15) is 25.1 Å². The first-order valence-corrected chi connectivity index (χ1v) is 4.06. The van der Waals surface area contributed by atoms with Gasteiger partial charge in [-0.2, -0.15) is 0 Å². The minimum Gasteiger partial charge on any atom is -0.397 e. The molecule has 1 heterocycles. The Labute approximate surface area is 73.1 Å². The quantitative estimate of drug-likeness (QED) is 0.724. The second-order valence-corrected chi connectivity index (χ2v) is 2.87. The second-order valence-electron chi connectivity index (χ2n) is 2.87. The third-order valence-electron chi connectivity index (χ3n) is 1.87. The maximum absolute atomic E-state index is 5.87. The molecule has 0 unspecified atom stereocenters. The number of aromatic nitrogens is 1. The number of nitrogens with two attached hydrogens (primary N) is 1. The van der Waals surface area contributed by atoms with Crippen molar-refractivity contribution < 1.29 is 0 Å². The molecule has 0 amide bonds. The van der Waals surface area contributed by atoms with Gasteiger partial charge in [0.15, 0.2) is 0 Å². The molecule has 1 rings (SSSR count). The van der Waals surface area contributed by atoms with Crippen molar-refractivity contribution in [1.82, 2.24) is 4.98 Å². The van der Waals surface area contributed by atoms with E-state index >= 15 is 0 Å². The lowest BCUT2D eigenvalue weighted by Crippen LogP contribution is -1.99. The Kier molecular flexibility index (Phi) is 2.48. The molecule has 0 saturated heterocycles. The van der Waals surface area contributed by atoms with Gasteiger partial charge in [-0.25, -0.2) is 0 Å². The van der Waals surface area contributed by atoms with Gasteiger partial charge < -0.3 is 5.73 Å². The third-order valence-corrected chi connectivity index (χ3v) is 1.87. The average molecular weight is 162 g/mol. The largest absolute Gasteiger partial charge is 0.397 e. The Balaban J connectivity index is 3.23. The minimum absolute atomic E-state index is 0.771. The van der Waals surface area contributed by atoms with Crippen LogP contribution in [0.3, 0.4) is 0 Å². The lowest BCUT2D eigenvalue weighted by molar-refractivity contribution is 1.11. The highest BCUT2D eigenvalue weighted by atomic mass is 14.7. The summed E-state index contributed by atoms with van der Waals surface area (Å²) in [7, 11) is 0. The third kappa shape index (κ3) is 1.47. The lowest BCUT2D eigenvalue weighted by Gasteiger charge is -2.07. The average Bonchev–Trinajstić information content (AvgIpc) is 2.04. The van der Waals surface area contributed by atoms with Crippen molar-refractivity contribution >= 4 is 11.3 Å². The van der Waals surface area contributed by atoms with Crippen molar-refractivity contribution in [3.8, 4) is 0 Å². The van der Waals surface area contributed by atoms with E-state index in [0.717, 1.165) is 28.9 Å². The smallest absolute Gasteiger partial charge is 0.0884 e. The number of rotatable bonds is 2. The molecule has 1 aromatic heterocycles. The molecule has 2 nitrogen and oxygen atoms in total. The van der Waals surface area contributed by atoms with Crippen LogP contribution in [0.15, 0.2) is 18.8 Å². The number of hydrogen-bond acceptors (Lipinski definition) is 2. The molecule has 1 aromatic rings. The molecule has 0 atom stereocenters. The van der Waals surface area contributed by atoms with Gasteiger partial charge in [-0.1, -0.05) is 13.5 Å². The summed E-state index contributed by atoms with van der Waals surface area (Å²) in [5.41, 5.74) is 9.53. The fraction of sp³-hybridized carbons (Fsp3) is 0.300. The van der Waals surface area contributed by atoms with Crippen LogP contribution in [0.2, 0.25) is 0 Å². The monoisotopic (exact) mass is 162 g/mol. The molecule has 0 aromatic carbocycles. The molecule has 0 bridgehead atoms. The molecule has 0 aliphatic heterocycles. The van der Waals surface area contributed by atoms with E-state index in [1.165, 1.54) is 0 Å². The molecule has 0 fully saturated rings. The summed E-state index contributed by atoms with van der Waals surface area (Å²) in [4.78, 5) is 4.16. The van der Waals surface area contributed by atoms with Gasteiger partial charge in [0.25, 0.3) is 0 Å². The molecular formula is C10H14N2. The number of allylic oxidation sites excluding steroid dienone is 1. The zero-order chi connectivity index (χ0) is 9.14. The van der Waals surface area contributed by atoms with Crippen LogP contribution in [0, 0.1) is 0 Å². The first kappa shape index (κ1) is 8.78. The van der Waals surface area contributed by atoms with E-state index in [2.05, 4.69) is 18.5 Å². The van der Waals surface area contributed by atoms with Crippen LogP contribution in [0.4, 0.5) is 5.69 Å². The highest BCUT2D eigenvalue weighted by Gasteiger charge is 2.04. The summed E-state index contributed by atoms with van der Waals surface area (Å²) in [5.74, 6) is 0. The highest BCUT2D eigenvalue weighted by Crippen LogP contribution is 2.20. The summed E-state index contributed by atoms with van der Waals surface area (Å²) in [6, 6.07) is 1.95. The summed E-state index contributed by atoms with van der Waals surface area (Å²) in [6.45, 7) is 7.81. The van der Waals surface area contributed by atoms with Crippen LogP contribution in [-0.4, -0.2) is 4.98 Å². The number of pyridine rings is 1.